The molecule has 0 radical (unpaired) electrons. The summed E-state index contributed by atoms with van der Waals surface area (Å²) in [6, 6.07) is 0. The van der Waals surface area contributed by atoms with Crippen molar-refractivity contribution in [3.8, 4) is 0 Å². The van der Waals surface area contributed by atoms with Gasteiger partial charge >= 0.3 is 5.69 Å². The van der Waals surface area contributed by atoms with Gasteiger partial charge in [0, 0.05) is 12.4 Å². The fourth-order valence-corrected chi connectivity index (χ4v) is 0.838. The third-order valence-corrected chi connectivity index (χ3v) is 1.32. The second kappa shape index (κ2) is 3.34. The highest BCUT2D eigenvalue weighted by molar-refractivity contribution is 6.17. The van der Waals surface area contributed by atoms with Gasteiger partial charge in [-0.2, -0.15) is 5.10 Å². The number of halogens is 1. The molecular formula is C5H6ClN3O2. The minimum atomic E-state index is -0.529. The maximum atomic E-state index is 10.9. The first-order chi connectivity index (χ1) is 5.25. The molecule has 0 aromatic carbocycles. The van der Waals surface area contributed by atoms with E-state index >= 15 is 0 Å². The van der Waals surface area contributed by atoms with E-state index in [4.69, 9.17) is 11.6 Å². The van der Waals surface area contributed by atoms with Crippen molar-refractivity contribution in [2.75, 3.05) is 5.88 Å². The zero-order valence-corrected chi connectivity index (χ0v) is 6.34. The van der Waals surface area contributed by atoms with Crippen molar-refractivity contribution in [3.63, 3.8) is 0 Å². The van der Waals surface area contributed by atoms with Crippen molar-refractivity contribution in [2.24, 2.45) is 0 Å². The van der Waals surface area contributed by atoms with Gasteiger partial charge in [0.15, 0.2) is 0 Å². The lowest BCUT2D eigenvalue weighted by Gasteiger charge is -1.96. The van der Waals surface area contributed by atoms with Gasteiger partial charge in [-0.25, -0.2) is 9.89 Å². The van der Waals surface area contributed by atoms with Gasteiger partial charge in [-0.15, -0.1) is 11.6 Å². The molecule has 0 unspecified atom stereocenters. The van der Waals surface area contributed by atoms with Crippen LogP contribution in [0, 0.1) is 0 Å². The Balaban J connectivity index is 3.22. The molecule has 0 saturated heterocycles. The molecule has 1 rings (SSSR count). The Labute approximate surface area is 66.6 Å². The molecule has 0 aliphatic rings. The van der Waals surface area contributed by atoms with Crippen LogP contribution < -0.4 is 11.2 Å². The summed E-state index contributed by atoms with van der Waals surface area (Å²) >= 11 is 5.35. The van der Waals surface area contributed by atoms with E-state index in [2.05, 4.69) is 10.2 Å². The molecule has 1 N–H and O–H groups in total. The minimum absolute atomic E-state index is 0.207. The maximum absolute atomic E-state index is 10.9. The Morgan fingerprint density at radius 2 is 2.36 bits per heavy atom. The number of hydrogen-bond donors (Lipinski definition) is 1. The summed E-state index contributed by atoms with van der Waals surface area (Å²) in [5, 5.41) is 5.44. The van der Waals surface area contributed by atoms with E-state index in [0.29, 0.717) is 0 Å². The molecule has 0 spiro atoms. The van der Waals surface area contributed by atoms with Gasteiger partial charge in [0.2, 0.25) is 0 Å². The third kappa shape index (κ3) is 1.68. The number of nitrogens with one attached hydrogen (secondary N) is 1. The number of aromatic amines is 1. The number of rotatable bonds is 2. The standard InChI is InChI=1S/C5H6ClN3O2/c6-1-2-9-4(10)3-7-8-5(9)11/h3H,1-2H2,(H,8,11). The van der Waals surface area contributed by atoms with E-state index in [1.807, 2.05) is 0 Å². The van der Waals surface area contributed by atoms with Gasteiger partial charge in [-0.1, -0.05) is 0 Å². The predicted octanol–water partition coefficient (Wildman–Crippen LogP) is -0.830. The molecule has 0 aliphatic carbocycles. The van der Waals surface area contributed by atoms with Crippen LogP contribution in [0.15, 0.2) is 15.8 Å². The summed E-state index contributed by atoms with van der Waals surface area (Å²) < 4.78 is 0.986. The molecule has 1 aromatic heterocycles. The first-order valence-electron chi connectivity index (χ1n) is 2.96. The van der Waals surface area contributed by atoms with Crippen LogP contribution in [0.4, 0.5) is 0 Å². The van der Waals surface area contributed by atoms with Crippen molar-refractivity contribution in [2.45, 2.75) is 6.54 Å². The fourth-order valence-electron chi connectivity index (χ4n) is 0.669. The van der Waals surface area contributed by atoms with Gasteiger partial charge in [-0.05, 0) is 0 Å². The Bertz CT molecular complexity index is 314. The molecule has 6 heteroatoms. The molecule has 0 fully saturated rings. The first kappa shape index (κ1) is 8.00. The van der Waals surface area contributed by atoms with E-state index in [1.165, 1.54) is 0 Å². The molecule has 0 atom stereocenters. The summed E-state index contributed by atoms with van der Waals surface area (Å²) in [6.45, 7) is 0.207. The van der Waals surface area contributed by atoms with Crippen molar-refractivity contribution < 1.29 is 0 Å². The fraction of sp³-hybridized carbons (Fsp3) is 0.400. The van der Waals surface area contributed by atoms with Crippen molar-refractivity contribution in [3.05, 3.63) is 27.0 Å². The minimum Gasteiger partial charge on any atom is -0.267 e. The summed E-state index contributed by atoms with van der Waals surface area (Å²) in [5.74, 6) is 0.229. The van der Waals surface area contributed by atoms with Gasteiger partial charge in [0.25, 0.3) is 5.56 Å². The topological polar surface area (TPSA) is 67.8 Å². The van der Waals surface area contributed by atoms with Crippen LogP contribution in [-0.4, -0.2) is 20.6 Å². The van der Waals surface area contributed by atoms with Crippen LogP contribution in [0.25, 0.3) is 0 Å². The highest BCUT2D eigenvalue weighted by Gasteiger charge is 1.97. The molecule has 0 bridgehead atoms. The summed E-state index contributed by atoms with van der Waals surface area (Å²) in [4.78, 5) is 21.7. The van der Waals surface area contributed by atoms with E-state index in [0.717, 1.165) is 10.8 Å². The molecule has 1 heterocycles. The molecule has 0 saturated carbocycles. The van der Waals surface area contributed by atoms with Gasteiger partial charge in [0.1, 0.15) is 6.20 Å². The normalized spacial score (nSPS) is 9.91. The molecular weight excluding hydrogens is 170 g/mol. The van der Waals surface area contributed by atoms with Crippen LogP contribution >= 0.6 is 11.6 Å². The average molecular weight is 176 g/mol. The van der Waals surface area contributed by atoms with E-state index in [9.17, 15) is 9.59 Å². The van der Waals surface area contributed by atoms with Gasteiger partial charge < -0.3 is 0 Å². The van der Waals surface area contributed by atoms with Crippen molar-refractivity contribution in [1.82, 2.24) is 14.8 Å². The number of nitrogens with zero attached hydrogens (tertiary/aromatic N) is 2. The van der Waals surface area contributed by atoms with Crippen molar-refractivity contribution >= 4 is 11.6 Å². The van der Waals surface area contributed by atoms with E-state index in [-0.39, 0.29) is 12.4 Å². The zero-order chi connectivity index (χ0) is 8.27. The number of H-pyrrole nitrogens is 1. The summed E-state index contributed by atoms with van der Waals surface area (Å²) in [7, 11) is 0. The predicted molar refractivity (Wildman–Crippen MR) is 39.8 cm³/mol. The zero-order valence-electron chi connectivity index (χ0n) is 5.58. The molecule has 5 nitrogen and oxygen atoms in total. The second-order valence-electron chi connectivity index (χ2n) is 1.85. The Hall–Kier alpha value is -1.10. The first-order valence-corrected chi connectivity index (χ1v) is 3.49. The lowest BCUT2D eigenvalue weighted by Crippen LogP contribution is -2.35. The van der Waals surface area contributed by atoms with Crippen LogP contribution in [-0.2, 0) is 6.54 Å². The van der Waals surface area contributed by atoms with Crippen LogP contribution in [0.3, 0.4) is 0 Å². The summed E-state index contributed by atoms with van der Waals surface area (Å²) in [5.41, 5.74) is -0.965. The molecule has 1 aromatic rings. The molecule has 0 aliphatic heterocycles. The lowest BCUT2D eigenvalue weighted by atomic mass is 10.7. The summed E-state index contributed by atoms with van der Waals surface area (Å²) in [6.07, 6.45) is 1.04. The third-order valence-electron chi connectivity index (χ3n) is 1.15. The van der Waals surface area contributed by atoms with Crippen LogP contribution in [0.2, 0.25) is 0 Å². The van der Waals surface area contributed by atoms with Crippen LogP contribution in [0.1, 0.15) is 0 Å². The van der Waals surface area contributed by atoms with Crippen LogP contribution in [0.5, 0.6) is 0 Å². The smallest absolute Gasteiger partial charge is 0.267 e. The quantitative estimate of drug-likeness (QED) is 0.597. The van der Waals surface area contributed by atoms with Crippen molar-refractivity contribution in [1.29, 1.82) is 0 Å². The van der Waals surface area contributed by atoms with E-state index in [1.54, 1.807) is 0 Å². The molecule has 60 valence electrons. The van der Waals surface area contributed by atoms with Gasteiger partial charge in [-0.3, -0.25) is 9.36 Å². The molecule has 11 heavy (non-hydrogen) atoms. The number of hydrogen-bond acceptors (Lipinski definition) is 3. The largest absolute Gasteiger partial charge is 0.344 e. The Kier molecular flexibility index (Phi) is 2.43. The Morgan fingerprint density at radius 3 is 2.91 bits per heavy atom. The van der Waals surface area contributed by atoms with Gasteiger partial charge in [0.05, 0.1) is 0 Å². The second-order valence-corrected chi connectivity index (χ2v) is 2.23. The number of alkyl halides is 1. The highest BCUT2D eigenvalue weighted by Crippen LogP contribution is 1.75. The van der Waals surface area contributed by atoms with E-state index < -0.39 is 11.2 Å². The molecule has 0 amide bonds. The Morgan fingerprint density at radius 1 is 1.64 bits per heavy atom. The maximum Gasteiger partial charge on any atom is 0.344 e. The number of aromatic nitrogens is 3. The average Bonchev–Trinajstić information content (AvgIpc) is 1.97. The monoisotopic (exact) mass is 175 g/mol. The SMILES string of the molecule is O=c1cn[nH]c(=O)n1CCCl. The highest BCUT2D eigenvalue weighted by atomic mass is 35.5. The lowest BCUT2D eigenvalue weighted by molar-refractivity contribution is 0.649.